The molecule has 4 aromatic rings. The summed E-state index contributed by atoms with van der Waals surface area (Å²) in [6.07, 6.45) is 1.10. The highest BCUT2D eigenvalue weighted by Gasteiger charge is 2.25. The Labute approximate surface area is 204 Å². The highest BCUT2D eigenvalue weighted by Crippen LogP contribution is 2.26. The third kappa shape index (κ3) is 4.90. The fourth-order valence-electron chi connectivity index (χ4n) is 3.91. The zero-order valence-electron chi connectivity index (χ0n) is 19.7. The molecule has 4 rings (SSSR count). The summed E-state index contributed by atoms with van der Waals surface area (Å²) in [5.74, 6) is -0.576. The van der Waals surface area contributed by atoms with Crippen LogP contribution in [-0.2, 0) is 23.6 Å². The summed E-state index contributed by atoms with van der Waals surface area (Å²) in [5, 5.41) is 2.72. The number of carbonyl (C=O) groups excluding carboxylic acids is 1. The first-order valence-electron chi connectivity index (χ1n) is 10.9. The molecule has 180 valence electrons. The van der Waals surface area contributed by atoms with Gasteiger partial charge in [0.05, 0.1) is 35.4 Å². The van der Waals surface area contributed by atoms with E-state index in [9.17, 15) is 18.0 Å². The number of para-hydroxylation sites is 2. The molecule has 1 amide bonds. The first-order valence-corrected chi connectivity index (χ1v) is 12.8. The number of nitrogens with zero attached hydrogens (tertiary/aromatic N) is 3. The van der Waals surface area contributed by atoms with Gasteiger partial charge in [0.25, 0.3) is 11.5 Å². The average molecular weight is 491 g/mol. The second-order valence-corrected chi connectivity index (χ2v) is 10.1. The Bertz CT molecular complexity index is 1520. The lowest BCUT2D eigenvalue weighted by molar-refractivity contribution is 0.102. The molecule has 0 spiro atoms. The van der Waals surface area contributed by atoms with Gasteiger partial charge in [0.15, 0.2) is 0 Å². The van der Waals surface area contributed by atoms with Crippen molar-refractivity contribution in [2.75, 3.05) is 15.9 Å². The molecule has 35 heavy (non-hydrogen) atoms. The molecule has 1 heterocycles. The minimum atomic E-state index is -3.72. The maximum absolute atomic E-state index is 13.4. The highest BCUT2D eigenvalue weighted by atomic mass is 32.2. The summed E-state index contributed by atoms with van der Waals surface area (Å²) in [6, 6.07) is 24.7. The molecule has 0 aliphatic heterocycles. The van der Waals surface area contributed by atoms with Crippen molar-refractivity contribution in [3.05, 3.63) is 112 Å². The van der Waals surface area contributed by atoms with E-state index in [-0.39, 0.29) is 29.0 Å². The maximum atomic E-state index is 13.4. The Morgan fingerprint density at radius 1 is 0.914 bits per heavy atom. The van der Waals surface area contributed by atoms with Crippen LogP contribution in [-0.4, -0.2) is 29.9 Å². The zero-order valence-corrected chi connectivity index (χ0v) is 20.5. The van der Waals surface area contributed by atoms with Gasteiger partial charge in [-0.3, -0.25) is 18.6 Å². The van der Waals surface area contributed by atoms with E-state index in [0.717, 1.165) is 11.8 Å². The molecule has 0 bridgehead atoms. The number of nitrogens with one attached hydrogen (secondary N) is 1. The normalized spacial score (nSPS) is 11.3. The average Bonchev–Trinajstić information content (AvgIpc) is 3.06. The summed E-state index contributed by atoms with van der Waals surface area (Å²) < 4.78 is 29.8. The Balaban J connectivity index is 1.73. The van der Waals surface area contributed by atoms with Crippen molar-refractivity contribution in [2.24, 2.45) is 7.05 Å². The molecular formula is C26H26N4O4S. The van der Waals surface area contributed by atoms with Gasteiger partial charge >= 0.3 is 0 Å². The largest absolute Gasteiger partial charge is 0.316 e. The molecule has 3 aromatic carbocycles. The summed E-state index contributed by atoms with van der Waals surface area (Å²) >= 11 is 0. The molecular weight excluding hydrogens is 464 g/mol. The van der Waals surface area contributed by atoms with Gasteiger partial charge < -0.3 is 5.32 Å². The van der Waals surface area contributed by atoms with E-state index in [4.69, 9.17) is 0 Å². The number of anilines is 2. The zero-order chi connectivity index (χ0) is 25.2. The number of benzene rings is 3. The summed E-state index contributed by atoms with van der Waals surface area (Å²) in [5.41, 5.74) is 2.12. The fourth-order valence-corrected chi connectivity index (χ4v) is 4.81. The molecule has 8 nitrogen and oxygen atoms in total. The van der Waals surface area contributed by atoms with E-state index < -0.39 is 15.9 Å². The molecule has 0 unspecified atom stereocenters. The van der Waals surface area contributed by atoms with Crippen molar-refractivity contribution in [2.45, 2.75) is 13.5 Å². The Kier molecular flexibility index (Phi) is 6.61. The molecule has 0 radical (unpaired) electrons. The number of hydrogen-bond donors (Lipinski definition) is 1. The van der Waals surface area contributed by atoms with Gasteiger partial charge in [0.2, 0.25) is 10.0 Å². The van der Waals surface area contributed by atoms with Gasteiger partial charge in [0.1, 0.15) is 5.69 Å². The van der Waals surface area contributed by atoms with Crippen molar-refractivity contribution < 1.29 is 13.2 Å². The summed E-state index contributed by atoms with van der Waals surface area (Å²) in [7, 11) is -1.98. The topological polar surface area (TPSA) is 93.4 Å². The van der Waals surface area contributed by atoms with Gasteiger partial charge in [-0.15, -0.1) is 0 Å². The molecule has 9 heteroatoms. The van der Waals surface area contributed by atoms with Crippen molar-refractivity contribution in [3.63, 3.8) is 0 Å². The van der Waals surface area contributed by atoms with Crippen LogP contribution in [0.4, 0.5) is 11.4 Å². The minimum Gasteiger partial charge on any atom is -0.316 e. The van der Waals surface area contributed by atoms with E-state index >= 15 is 0 Å². The Morgan fingerprint density at radius 3 is 2.11 bits per heavy atom. The SMILES string of the molecule is Cc1c(NC(=O)c2ccccc2N(Cc2ccccc2)S(C)(=O)=O)c(=O)n(-c2ccccc2)n1C. The van der Waals surface area contributed by atoms with Crippen LogP contribution in [0.3, 0.4) is 0 Å². The number of hydrogen-bond acceptors (Lipinski definition) is 4. The van der Waals surface area contributed by atoms with Crippen LogP contribution in [0.25, 0.3) is 5.69 Å². The standard InChI is InChI=1S/C26H26N4O4S/c1-19-24(26(32)30(28(19)2)21-14-8-5-9-15-21)27-25(31)22-16-10-11-17-23(22)29(35(3,33)34)18-20-12-6-4-7-13-20/h4-17H,18H2,1-3H3,(H,27,31). The van der Waals surface area contributed by atoms with Crippen LogP contribution in [0.5, 0.6) is 0 Å². The van der Waals surface area contributed by atoms with Crippen LogP contribution in [0, 0.1) is 6.92 Å². The van der Waals surface area contributed by atoms with Gasteiger partial charge in [0, 0.05) is 7.05 Å². The lowest BCUT2D eigenvalue weighted by atomic mass is 10.1. The molecule has 0 saturated heterocycles. The quantitative estimate of drug-likeness (QED) is 0.428. The van der Waals surface area contributed by atoms with Crippen LogP contribution >= 0.6 is 0 Å². The summed E-state index contributed by atoms with van der Waals surface area (Å²) in [4.78, 5) is 26.6. The van der Waals surface area contributed by atoms with Gasteiger partial charge in [-0.05, 0) is 36.8 Å². The van der Waals surface area contributed by atoms with E-state index in [0.29, 0.717) is 11.4 Å². The fraction of sp³-hybridized carbons (Fsp3) is 0.154. The Hall–Kier alpha value is -4.11. The van der Waals surface area contributed by atoms with E-state index in [1.54, 1.807) is 55.1 Å². The van der Waals surface area contributed by atoms with Crippen LogP contribution in [0.2, 0.25) is 0 Å². The first kappa shape index (κ1) is 24.0. The number of sulfonamides is 1. The van der Waals surface area contributed by atoms with Crippen molar-refractivity contribution in [3.8, 4) is 5.69 Å². The van der Waals surface area contributed by atoms with Crippen LogP contribution in [0.15, 0.2) is 89.7 Å². The van der Waals surface area contributed by atoms with Crippen molar-refractivity contribution in [1.82, 2.24) is 9.36 Å². The molecule has 0 fully saturated rings. The molecule has 0 aliphatic rings. The molecule has 1 N–H and O–H groups in total. The number of carbonyl (C=O) groups is 1. The third-order valence-electron chi connectivity index (χ3n) is 5.78. The van der Waals surface area contributed by atoms with Gasteiger partial charge in [-0.25, -0.2) is 13.1 Å². The molecule has 0 atom stereocenters. The van der Waals surface area contributed by atoms with Crippen LogP contribution < -0.4 is 15.2 Å². The van der Waals surface area contributed by atoms with Crippen molar-refractivity contribution >= 4 is 27.3 Å². The molecule has 1 aromatic heterocycles. The minimum absolute atomic E-state index is 0.0646. The predicted molar refractivity (Wildman–Crippen MR) is 138 cm³/mol. The number of amides is 1. The lowest BCUT2D eigenvalue weighted by Crippen LogP contribution is -2.31. The van der Waals surface area contributed by atoms with Gasteiger partial charge in [-0.2, -0.15) is 0 Å². The van der Waals surface area contributed by atoms with E-state index in [1.807, 2.05) is 48.5 Å². The predicted octanol–water partition coefficient (Wildman–Crippen LogP) is 3.70. The first-order chi connectivity index (χ1) is 16.7. The second-order valence-electron chi connectivity index (χ2n) is 8.16. The maximum Gasteiger partial charge on any atom is 0.295 e. The number of aromatic nitrogens is 2. The van der Waals surface area contributed by atoms with E-state index in [2.05, 4.69) is 5.32 Å². The van der Waals surface area contributed by atoms with Crippen LogP contribution in [0.1, 0.15) is 21.6 Å². The second kappa shape index (κ2) is 9.63. The highest BCUT2D eigenvalue weighted by molar-refractivity contribution is 7.92. The smallest absolute Gasteiger partial charge is 0.295 e. The lowest BCUT2D eigenvalue weighted by Gasteiger charge is -2.24. The molecule has 0 saturated carbocycles. The monoisotopic (exact) mass is 490 g/mol. The third-order valence-corrected chi connectivity index (χ3v) is 6.91. The van der Waals surface area contributed by atoms with E-state index in [1.165, 1.54) is 8.99 Å². The van der Waals surface area contributed by atoms with Crippen molar-refractivity contribution in [1.29, 1.82) is 0 Å². The van der Waals surface area contributed by atoms with Gasteiger partial charge in [-0.1, -0.05) is 60.7 Å². The Morgan fingerprint density at radius 2 is 1.49 bits per heavy atom. The summed E-state index contributed by atoms with van der Waals surface area (Å²) in [6.45, 7) is 1.80. The number of rotatable bonds is 7. The molecule has 0 aliphatic carbocycles.